The Morgan fingerprint density at radius 1 is 1.06 bits per heavy atom. The zero-order chi connectivity index (χ0) is 12.6. The van der Waals surface area contributed by atoms with Crippen LogP contribution in [0.2, 0.25) is 5.02 Å². The standard InChI is InChI=1S/C8H2ClFO4Se2/c9-3-1(7(11)12)6(16)4(10)2(5(3)15)8(13)14/h(H,11,12)(H,13,14). The molecule has 0 saturated carbocycles. The summed E-state index contributed by atoms with van der Waals surface area (Å²) in [4.78, 5) is 21.5. The van der Waals surface area contributed by atoms with E-state index in [0.717, 1.165) is 0 Å². The first-order valence-electron chi connectivity index (χ1n) is 3.64. The number of rotatable bonds is 2. The third-order valence-electron chi connectivity index (χ3n) is 1.72. The molecule has 0 spiro atoms. The van der Waals surface area contributed by atoms with Crippen LogP contribution in [0.25, 0.3) is 0 Å². The minimum absolute atomic E-state index is 0.233. The zero-order valence-corrected chi connectivity index (χ0v) is 11.5. The molecule has 0 bridgehead atoms. The van der Waals surface area contributed by atoms with Crippen molar-refractivity contribution in [2.75, 3.05) is 0 Å². The number of halogens is 2. The summed E-state index contributed by atoms with van der Waals surface area (Å²) < 4.78 is 12.9. The van der Waals surface area contributed by atoms with E-state index in [-0.39, 0.29) is 9.48 Å². The van der Waals surface area contributed by atoms with Gasteiger partial charge in [-0.05, 0) is 0 Å². The fourth-order valence-electron chi connectivity index (χ4n) is 1.03. The molecule has 0 aliphatic rings. The molecule has 0 atom stereocenters. The van der Waals surface area contributed by atoms with Gasteiger partial charge in [0.1, 0.15) is 0 Å². The first-order valence-corrected chi connectivity index (χ1v) is 5.73. The van der Waals surface area contributed by atoms with Gasteiger partial charge in [0.05, 0.1) is 0 Å². The van der Waals surface area contributed by atoms with Gasteiger partial charge in [0, 0.05) is 0 Å². The van der Waals surface area contributed by atoms with E-state index < -0.39 is 33.3 Å². The van der Waals surface area contributed by atoms with Gasteiger partial charge in [0.2, 0.25) is 0 Å². The first-order chi connectivity index (χ1) is 7.29. The van der Waals surface area contributed by atoms with Gasteiger partial charge in [-0.25, -0.2) is 0 Å². The van der Waals surface area contributed by atoms with E-state index in [2.05, 4.69) is 32.0 Å². The Balaban J connectivity index is 3.77. The summed E-state index contributed by atoms with van der Waals surface area (Å²) in [5, 5.41) is 17.2. The second kappa shape index (κ2) is 4.73. The van der Waals surface area contributed by atoms with Crippen molar-refractivity contribution in [1.82, 2.24) is 0 Å². The maximum absolute atomic E-state index is 13.6. The summed E-state index contributed by atoms with van der Waals surface area (Å²) in [7, 11) is 0. The van der Waals surface area contributed by atoms with Crippen LogP contribution in [0.15, 0.2) is 0 Å². The van der Waals surface area contributed by atoms with Crippen LogP contribution in [0, 0.1) is 5.82 Å². The third-order valence-corrected chi connectivity index (χ3v) is 4.01. The Hall–Kier alpha value is -0.581. The van der Waals surface area contributed by atoms with Gasteiger partial charge < -0.3 is 0 Å². The SMILES string of the molecule is O=C(O)c1c(F)c([Se])c(C(=O)O)c(Cl)c1[Se]. The number of aromatic carboxylic acids is 2. The van der Waals surface area contributed by atoms with Crippen molar-refractivity contribution < 1.29 is 24.2 Å². The fourth-order valence-corrected chi connectivity index (χ4v) is 2.62. The van der Waals surface area contributed by atoms with E-state index >= 15 is 0 Å². The zero-order valence-electron chi connectivity index (χ0n) is 7.28. The number of carboxylic acid groups (broad SMARTS) is 2. The Morgan fingerprint density at radius 3 is 1.88 bits per heavy atom. The van der Waals surface area contributed by atoms with E-state index in [4.69, 9.17) is 21.8 Å². The number of hydrogen-bond donors (Lipinski definition) is 2. The van der Waals surface area contributed by atoms with E-state index in [1.165, 1.54) is 0 Å². The van der Waals surface area contributed by atoms with Gasteiger partial charge in [-0.1, -0.05) is 0 Å². The molecule has 1 rings (SSSR count). The van der Waals surface area contributed by atoms with Crippen LogP contribution in [0.3, 0.4) is 0 Å². The van der Waals surface area contributed by atoms with Crippen LogP contribution < -0.4 is 8.92 Å². The molecule has 84 valence electrons. The molecule has 0 aliphatic carbocycles. The molecule has 1 aromatic rings. The predicted octanol–water partition coefficient (Wildman–Crippen LogP) is -0.537. The molecule has 16 heavy (non-hydrogen) atoms. The molecular weight excluding hydrogens is 372 g/mol. The van der Waals surface area contributed by atoms with Gasteiger partial charge in [0.15, 0.2) is 0 Å². The molecule has 2 N–H and O–H groups in total. The molecule has 0 aliphatic heterocycles. The Labute approximate surface area is 110 Å². The molecule has 0 heterocycles. The first kappa shape index (κ1) is 13.5. The topological polar surface area (TPSA) is 74.6 Å². The number of carboxylic acids is 2. The van der Waals surface area contributed by atoms with E-state index in [1.807, 2.05) is 0 Å². The monoisotopic (exact) mass is 376 g/mol. The van der Waals surface area contributed by atoms with Crippen molar-refractivity contribution >= 4 is 64.5 Å². The second-order valence-electron chi connectivity index (χ2n) is 2.65. The normalized spacial score (nSPS) is 10.1. The molecule has 0 saturated heterocycles. The Kier molecular flexibility index (Phi) is 3.99. The Bertz CT molecular complexity index is 429. The maximum atomic E-state index is 13.6. The van der Waals surface area contributed by atoms with Crippen molar-refractivity contribution in [2.45, 2.75) is 0 Å². The molecule has 0 fully saturated rings. The quantitative estimate of drug-likeness (QED) is 0.682. The van der Waals surface area contributed by atoms with Gasteiger partial charge in [-0.15, -0.1) is 0 Å². The molecule has 1 aromatic carbocycles. The van der Waals surface area contributed by atoms with Crippen molar-refractivity contribution in [3.8, 4) is 0 Å². The summed E-state index contributed by atoms with van der Waals surface area (Å²) in [6, 6.07) is 0. The van der Waals surface area contributed by atoms with Crippen LogP contribution in [0.5, 0.6) is 0 Å². The number of carbonyl (C=O) groups is 2. The number of benzene rings is 1. The summed E-state index contributed by atoms with van der Waals surface area (Å²) in [5.74, 6) is -4.12. The Morgan fingerprint density at radius 2 is 1.50 bits per heavy atom. The summed E-state index contributed by atoms with van der Waals surface area (Å²) in [5.41, 5.74) is -1.17. The van der Waals surface area contributed by atoms with Gasteiger partial charge in [0.25, 0.3) is 0 Å². The van der Waals surface area contributed by atoms with Crippen LogP contribution >= 0.6 is 11.6 Å². The van der Waals surface area contributed by atoms with Gasteiger partial charge in [-0.3, -0.25) is 0 Å². The molecular formula is C8H2ClFO4Se2. The van der Waals surface area contributed by atoms with E-state index in [1.54, 1.807) is 0 Å². The average Bonchev–Trinajstić information content (AvgIpc) is 2.14. The van der Waals surface area contributed by atoms with Crippen molar-refractivity contribution in [2.24, 2.45) is 0 Å². The van der Waals surface area contributed by atoms with E-state index in [0.29, 0.717) is 0 Å². The van der Waals surface area contributed by atoms with Crippen molar-refractivity contribution in [3.63, 3.8) is 0 Å². The predicted molar refractivity (Wildman–Crippen MR) is 56.1 cm³/mol. The molecule has 0 aromatic heterocycles. The molecule has 0 amide bonds. The average molecular weight is 374 g/mol. The molecule has 4 nitrogen and oxygen atoms in total. The van der Waals surface area contributed by atoms with Crippen molar-refractivity contribution in [1.29, 1.82) is 0 Å². The van der Waals surface area contributed by atoms with Crippen LogP contribution in [0.4, 0.5) is 4.39 Å². The third kappa shape index (κ3) is 2.10. The minimum atomic E-state index is -1.53. The van der Waals surface area contributed by atoms with Crippen LogP contribution in [0.1, 0.15) is 20.7 Å². The second-order valence-corrected chi connectivity index (χ2v) is 4.74. The summed E-state index contributed by atoms with van der Waals surface area (Å²) >= 11 is 10.1. The van der Waals surface area contributed by atoms with Crippen molar-refractivity contribution in [3.05, 3.63) is 22.0 Å². The molecule has 8 heteroatoms. The number of hydrogen-bond acceptors (Lipinski definition) is 2. The molecule has 0 unspecified atom stereocenters. The van der Waals surface area contributed by atoms with Crippen LogP contribution in [-0.2, 0) is 0 Å². The van der Waals surface area contributed by atoms with E-state index in [9.17, 15) is 14.0 Å². The van der Waals surface area contributed by atoms with Crippen LogP contribution in [-0.4, -0.2) is 54.2 Å². The van der Waals surface area contributed by atoms with Gasteiger partial charge in [-0.2, -0.15) is 0 Å². The fraction of sp³-hybridized carbons (Fsp3) is 0. The summed E-state index contributed by atoms with van der Waals surface area (Å²) in [6.45, 7) is 0. The molecule has 2 radical (unpaired) electrons. The van der Waals surface area contributed by atoms with Gasteiger partial charge >= 0.3 is 111 Å². The summed E-state index contributed by atoms with van der Waals surface area (Å²) in [6.07, 6.45) is 0.